The highest BCUT2D eigenvalue weighted by Gasteiger charge is 2.09. The van der Waals surface area contributed by atoms with Crippen LogP contribution in [-0.2, 0) is 11.3 Å². The molecule has 2 heterocycles. The summed E-state index contributed by atoms with van der Waals surface area (Å²) >= 11 is 2.76. The maximum absolute atomic E-state index is 12.1. The minimum absolute atomic E-state index is 0.0346. The molecule has 0 aliphatic rings. The Bertz CT molecular complexity index is 789. The first-order valence-electron chi connectivity index (χ1n) is 6.02. The fourth-order valence-corrected chi connectivity index (χ4v) is 3.37. The molecule has 102 valence electrons. The van der Waals surface area contributed by atoms with Crippen molar-refractivity contribution in [2.75, 3.05) is 5.32 Å². The molecule has 0 atom stereocenters. The Morgan fingerprint density at radius 3 is 2.95 bits per heavy atom. The van der Waals surface area contributed by atoms with E-state index in [-0.39, 0.29) is 17.9 Å². The summed E-state index contributed by atoms with van der Waals surface area (Å²) in [5.41, 5.74) is -0.0346. The quantitative estimate of drug-likeness (QED) is 0.805. The Kier molecular flexibility index (Phi) is 3.62. The van der Waals surface area contributed by atoms with Gasteiger partial charge in [-0.25, -0.2) is 4.98 Å². The van der Waals surface area contributed by atoms with Crippen LogP contribution in [-0.4, -0.2) is 14.8 Å². The molecule has 1 N–H and O–H groups in total. The molecule has 1 amide bonds. The van der Waals surface area contributed by atoms with Crippen molar-refractivity contribution < 1.29 is 4.79 Å². The molecule has 0 unspecified atom stereocenters. The van der Waals surface area contributed by atoms with Crippen molar-refractivity contribution in [3.05, 3.63) is 46.2 Å². The molecule has 2 aromatic heterocycles. The highest BCUT2D eigenvalue weighted by molar-refractivity contribution is 7.14. The van der Waals surface area contributed by atoms with Gasteiger partial charge in [-0.15, -0.1) is 11.3 Å². The van der Waals surface area contributed by atoms with Gasteiger partial charge in [-0.2, -0.15) is 0 Å². The highest BCUT2D eigenvalue weighted by atomic mass is 32.1. The maximum atomic E-state index is 12.1. The molecular weight excluding hydrogens is 294 g/mol. The molecule has 0 radical (unpaired) electrons. The van der Waals surface area contributed by atoms with Crippen molar-refractivity contribution in [1.29, 1.82) is 0 Å². The number of aromatic nitrogens is 2. The number of fused-ring (bicyclic) bond motifs is 1. The van der Waals surface area contributed by atoms with Gasteiger partial charge in [-0.1, -0.05) is 23.7 Å². The van der Waals surface area contributed by atoms with Crippen LogP contribution in [0.4, 0.5) is 5.13 Å². The molecule has 20 heavy (non-hydrogen) atoms. The van der Waals surface area contributed by atoms with Crippen molar-refractivity contribution in [3.63, 3.8) is 0 Å². The smallest absolute Gasteiger partial charge is 0.268 e. The van der Waals surface area contributed by atoms with Gasteiger partial charge in [0.15, 0.2) is 5.13 Å². The molecule has 0 bridgehead atoms. The van der Waals surface area contributed by atoms with Gasteiger partial charge in [-0.3, -0.25) is 13.5 Å². The zero-order valence-electron chi connectivity index (χ0n) is 10.4. The first-order valence-corrected chi connectivity index (χ1v) is 7.67. The van der Waals surface area contributed by atoms with E-state index in [9.17, 15) is 9.59 Å². The second-order valence-corrected chi connectivity index (χ2v) is 6.09. The lowest BCUT2D eigenvalue weighted by Gasteiger charge is -2.01. The number of carbonyl (C=O) groups excluding carboxylic acids is 1. The Labute approximate surface area is 122 Å². The second kappa shape index (κ2) is 5.56. The summed E-state index contributed by atoms with van der Waals surface area (Å²) in [7, 11) is 0. The van der Waals surface area contributed by atoms with Gasteiger partial charge in [0.25, 0.3) is 5.56 Å². The van der Waals surface area contributed by atoms with E-state index >= 15 is 0 Å². The summed E-state index contributed by atoms with van der Waals surface area (Å²) in [4.78, 5) is 27.8. The third-order valence-corrected chi connectivity index (χ3v) is 4.58. The zero-order chi connectivity index (χ0) is 13.9. The number of carbonyl (C=O) groups is 1. The first kappa shape index (κ1) is 13.0. The second-order valence-electron chi connectivity index (χ2n) is 4.13. The Hall–Kier alpha value is -1.99. The Balaban J connectivity index is 1.69. The standard InChI is InChI=1S/C13H11N3O2S2/c17-11(15-13-14-6-8-19-13)5-7-16-12(18)9-3-1-2-4-10(9)20-16/h1-4,6,8H,5,7H2,(H,14,15,17). The first-order chi connectivity index (χ1) is 9.74. The number of rotatable bonds is 4. The van der Waals surface area contributed by atoms with Crippen LogP contribution in [0.2, 0.25) is 0 Å². The number of hydrogen-bond acceptors (Lipinski definition) is 5. The number of amides is 1. The van der Waals surface area contributed by atoms with E-state index in [1.807, 2.05) is 18.2 Å². The van der Waals surface area contributed by atoms with Crippen LogP contribution in [0.1, 0.15) is 6.42 Å². The molecule has 1 aromatic carbocycles. The Morgan fingerprint density at radius 2 is 2.20 bits per heavy atom. The maximum Gasteiger partial charge on any atom is 0.268 e. The van der Waals surface area contributed by atoms with E-state index in [1.54, 1.807) is 21.6 Å². The summed E-state index contributed by atoms with van der Waals surface area (Å²) in [6.45, 7) is 0.384. The van der Waals surface area contributed by atoms with Crippen LogP contribution in [0, 0.1) is 0 Å². The molecule has 5 nitrogen and oxygen atoms in total. The number of nitrogens with zero attached hydrogens (tertiary/aromatic N) is 2. The van der Waals surface area contributed by atoms with E-state index in [4.69, 9.17) is 0 Å². The van der Waals surface area contributed by atoms with Gasteiger partial charge in [0.2, 0.25) is 5.91 Å². The van der Waals surface area contributed by atoms with Crippen molar-refractivity contribution in [2.24, 2.45) is 0 Å². The van der Waals surface area contributed by atoms with Gasteiger partial charge >= 0.3 is 0 Å². The summed E-state index contributed by atoms with van der Waals surface area (Å²) in [5.74, 6) is -0.135. The largest absolute Gasteiger partial charge is 0.302 e. The summed E-state index contributed by atoms with van der Waals surface area (Å²) in [5, 5.41) is 5.79. The fraction of sp³-hybridized carbons (Fsp3) is 0.154. The molecule has 3 aromatic rings. The fourth-order valence-electron chi connectivity index (χ4n) is 1.83. The molecule has 0 aliphatic carbocycles. The van der Waals surface area contributed by atoms with E-state index in [0.717, 1.165) is 4.70 Å². The van der Waals surface area contributed by atoms with Crippen LogP contribution in [0.5, 0.6) is 0 Å². The van der Waals surface area contributed by atoms with Gasteiger partial charge in [-0.05, 0) is 12.1 Å². The lowest BCUT2D eigenvalue weighted by Crippen LogP contribution is -2.18. The molecule has 3 rings (SSSR count). The lowest BCUT2D eigenvalue weighted by atomic mass is 10.3. The number of anilines is 1. The van der Waals surface area contributed by atoms with E-state index in [0.29, 0.717) is 17.1 Å². The van der Waals surface area contributed by atoms with Crippen LogP contribution in [0.25, 0.3) is 10.1 Å². The molecule has 0 saturated carbocycles. The number of thiazole rings is 1. The van der Waals surface area contributed by atoms with Crippen molar-refractivity contribution in [1.82, 2.24) is 8.94 Å². The minimum atomic E-state index is -0.135. The molecule has 7 heteroatoms. The predicted octanol–water partition coefficient (Wildman–Crippen LogP) is 2.55. The average Bonchev–Trinajstić information content (AvgIpc) is 3.06. The van der Waals surface area contributed by atoms with Gasteiger partial charge in [0, 0.05) is 24.5 Å². The number of hydrogen-bond donors (Lipinski definition) is 1. The zero-order valence-corrected chi connectivity index (χ0v) is 12.0. The molecule has 0 spiro atoms. The van der Waals surface area contributed by atoms with Gasteiger partial charge in [0.05, 0.1) is 10.1 Å². The molecule has 0 saturated heterocycles. The number of benzene rings is 1. The highest BCUT2D eigenvalue weighted by Crippen LogP contribution is 2.16. The van der Waals surface area contributed by atoms with Crippen molar-refractivity contribution in [2.45, 2.75) is 13.0 Å². The summed E-state index contributed by atoms with van der Waals surface area (Å²) < 4.78 is 2.56. The van der Waals surface area contributed by atoms with Crippen LogP contribution in [0.15, 0.2) is 40.6 Å². The minimum Gasteiger partial charge on any atom is -0.302 e. The average molecular weight is 305 g/mol. The Morgan fingerprint density at radius 1 is 1.35 bits per heavy atom. The predicted molar refractivity (Wildman–Crippen MR) is 81.4 cm³/mol. The summed E-state index contributed by atoms with van der Waals surface area (Å²) in [6, 6.07) is 7.46. The molecule has 0 aliphatic heterocycles. The van der Waals surface area contributed by atoms with E-state index < -0.39 is 0 Å². The SMILES string of the molecule is O=C(CCn1sc2ccccc2c1=O)Nc1nccs1. The van der Waals surface area contributed by atoms with Crippen molar-refractivity contribution in [3.8, 4) is 0 Å². The van der Waals surface area contributed by atoms with Gasteiger partial charge < -0.3 is 5.32 Å². The van der Waals surface area contributed by atoms with Gasteiger partial charge in [0.1, 0.15) is 0 Å². The monoisotopic (exact) mass is 305 g/mol. The third kappa shape index (κ3) is 2.63. The normalized spacial score (nSPS) is 10.8. The number of nitrogens with one attached hydrogen (secondary N) is 1. The van der Waals surface area contributed by atoms with Crippen LogP contribution >= 0.6 is 22.9 Å². The van der Waals surface area contributed by atoms with Crippen LogP contribution < -0.4 is 10.9 Å². The summed E-state index contributed by atoms with van der Waals surface area (Å²) in [6.07, 6.45) is 1.89. The third-order valence-electron chi connectivity index (χ3n) is 2.77. The van der Waals surface area contributed by atoms with E-state index in [2.05, 4.69) is 10.3 Å². The number of aryl methyl sites for hydroxylation is 1. The topological polar surface area (TPSA) is 64.0 Å². The molecule has 0 fully saturated rings. The molecular formula is C13H11N3O2S2. The van der Waals surface area contributed by atoms with Crippen LogP contribution in [0.3, 0.4) is 0 Å². The van der Waals surface area contributed by atoms with Crippen molar-refractivity contribution >= 4 is 44.0 Å². The lowest BCUT2D eigenvalue weighted by molar-refractivity contribution is -0.116. The van der Waals surface area contributed by atoms with E-state index in [1.165, 1.54) is 22.9 Å².